The van der Waals surface area contributed by atoms with Crippen LogP contribution in [0.15, 0.2) is 65.7 Å². The molecule has 128 valence electrons. The van der Waals surface area contributed by atoms with Crippen LogP contribution in [0.2, 0.25) is 10.0 Å². The van der Waals surface area contributed by atoms with E-state index in [9.17, 15) is 5.11 Å². The maximum Gasteiger partial charge on any atom is 0.140 e. The summed E-state index contributed by atoms with van der Waals surface area (Å²) in [4.78, 5) is 12.3. The largest absolute Gasteiger partial charge is 0.507 e. The first kappa shape index (κ1) is 16.6. The monoisotopic (exact) mass is 381 g/mol. The van der Waals surface area contributed by atoms with Gasteiger partial charge in [0.1, 0.15) is 11.6 Å². The Labute approximate surface area is 159 Å². The lowest BCUT2D eigenvalue weighted by Gasteiger charge is -2.00. The van der Waals surface area contributed by atoms with E-state index in [1.807, 2.05) is 30.3 Å². The molecular formula is C20H13Cl2N3O. The van der Waals surface area contributed by atoms with Gasteiger partial charge in [0.25, 0.3) is 0 Å². The molecule has 1 heterocycles. The fourth-order valence-corrected chi connectivity index (χ4v) is 3.13. The van der Waals surface area contributed by atoms with Crippen LogP contribution in [0, 0.1) is 0 Å². The van der Waals surface area contributed by atoms with Crippen molar-refractivity contribution in [1.29, 1.82) is 0 Å². The van der Waals surface area contributed by atoms with Gasteiger partial charge in [0.2, 0.25) is 0 Å². The molecule has 4 rings (SSSR count). The highest BCUT2D eigenvalue weighted by Crippen LogP contribution is 2.30. The van der Waals surface area contributed by atoms with E-state index in [0.717, 1.165) is 22.3 Å². The Kier molecular flexibility index (Phi) is 4.37. The van der Waals surface area contributed by atoms with E-state index in [4.69, 9.17) is 23.2 Å². The van der Waals surface area contributed by atoms with Crippen LogP contribution in [0.4, 0.5) is 5.69 Å². The second kappa shape index (κ2) is 6.83. The van der Waals surface area contributed by atoms with Crippen LogP contribution in [0.3, 0.4) is 0 Å². The lowest BCUT2D eigenvalue weighted by Crippen LogP contribution is -1.81. The van der Waals surface area contributed by atoms with Crippen LogP contribution in [0.5, 0.6) is 5.75 Å². The third kappa shape index (κ3) is 3.29. The van der Waals surface area contributed by atoms with Crippen LogP contribution in [-0.2, 0) is 0 Å². The summed E-state index contributed by atoms with van der Waals surface area (Å²) in [7, 11) is 0. The van der Waals surface area contributed by atoms with Gasteiger partial charge in [-0.3, -0.25) is 4.99 Å². The van der Waals surface area contributed by atoms with E-state index in [1.54, 1.807) is 36.5 Å². The first-order valence-electron chi connectivity index (χ1n) is 7.87. The minimum Gasteiger partial charge on any atom is -0.507 e. The average Bonchev–Trinajstić information content (AvgIpc) is 3.04. The number of aromatic nitrogens is 2. The predicted molar refractivity (Wildman–Crippen MR) is 107 cm³/mol. The number of halogens is 2. The Bertz CT molecular complexity index is 1140. The highest BCUT2D eigenvalue weighted by Gasteiger charge is 2.10. The van der Waals surface area contributed by atoms with Crippen molar-refractivity contribution >= 4 is 46.1 Å². The van der Waals surface area contributed by atoms with Gasteiger partial charge in [-0.25, -0.2) is 4.98 Å². The van der Waals surface area contributed by atoms with Crippen LogP contribution in [0.1, 0.15) is 5.56 Å². The quantitative estimate of drug-likeness (QED) is 0.428. The second-order valence-corrected chi connectivity index (χ2v) is 6.57. The molecule has 0 atom stereocenters. The SMILES string of the molecule is Oc1ccccc1C=Nc1ccc2nc(-c3ccc(Cl)cc3Cl)[nH]c2c1. The molecule has 0 aliphatic carbocycles. The Balaban J connectivity index is 1.69. The number of imidazole rings is 1. The maximum absolute atomic E-state index is 9.81. The molecular weight excluding hydrogens is 369 g/mol. The van der Waals surface area contributed by atoms with E-state index in [-0.39, 0.29) is 5.75 Å². The van der Waals surface area contributed by atoms with Gasteiger partial charge in [-0.05, 0) is 48.5 Å². The highest BCUT2D eigenvalue weighted by atomic mass is 35.5. The number of phenolic OH excluding ortho intramolecular Hbond substituents is 1. The van der Waals surface area contributed by atoms with Gasteiger partial charge < -0.3 is 10.1 Å². The van der Waals surface area contributed by atoms with Crippen LogP contribution in [0.25, 0.3) is 22.4 Å². The van der Waals surface area contributed by atoms with E-state index < -0.39 is 0 Å². The standard InChI is InChI=1S/C20H13Cl2N3O/c21-13-5-7-15(16(22)9-13)20-24-17-8-6-14(10-18(17)25-20)23-11-12-3-1-2-4-19(12)26/h1-11,26H,(H,24,25). The zero-order valence-corrected chi connectivity index (χ0v) is 15.0. The molecule has 26 heavy (non-hydrogen) atoms. The highest BCUT2D eigenvalue weighted by molar-refractivity contribution is 6.36. The lowest BCUT2D eigenvalue weighted by molar-refractivity contribution is 0.474. The fourth-order valence-electron chi connectivity index (χ4n) is 2.63. The van der Waals surface area contributed by atoms with Crippen molar-refractivity contribution in [2.24, 2.45) is 4.99 Å². The maximum atomic E-state index is 9.81. The molecule has 0 saturated heterocycles. The number of aliphatic imine (C=N–C) groups is 1. The number of rotatable bonds is 3. The number of nitrogens with one attached hydrogen (secondary N) is 1. The number of phenols is 1. The zero-order valence-electron chi connectivity index (χ0n) is 13.4. The van der Waals surface area contributed by atoms with Crippen LogP contribution < -0.4 is 0 Å². The molecule has 6 heteroatoms. The lowest BCUT2D eigenvalue weighted by atomic mass is 10.2. The molecule has 0 radical (unpaired) electrons. The number of hydrogen-bond donors (Lipinski definition) is 2. The molecule has 0 aliphatic heterocycles. The Morgan fingerprint density at radius 2 is 1.85 bits per heavy atom. The Hall–Kier alpha value is -2.82. The third-order valence-corrected chi connectivity index (χ3v) is 4.49. The number of aromatic amines is 1. The summed E-state index contributed by atoms with van der Waals surface area (Å²) >= 11 is 12.2. The average molecular weight is 382 g/mol. The Morgan fingerprint density at radius 3 is 2.65 bits per heavy atom. The number of fused-ring (bicyclic) bond motifs is 1. The van der Waals surface area contributed by atoms with Crippen molar-refractivity contribution < 1.29 is 5.11 Å². The van der Waals surface area contributed by atoms with Crippen LogP contribution >= 0.6 is 23.2 Å². The van der Waals surface area contributed by atoms with Gasteiger partial charge in [0, 0.05) is 22.4 Å². The number of aromatic hydroxyl groups is 1. The smallest absolute Gasteiger partial charge is 0.140 e. The molecule has 4 nitrogen and oxygen atoms in total. The first-order valence-corrected chi connectivity index (χ1v) is 8.63. The molecule has 1 aromatic heterocycles. The molecule has 0 fully saturated rings. The van der Waals surface area contributed by atoms with Crippen molar-refractivity contribution in [3.8, 4) is 17.1 Å². The topological polar surface area (TPSA) is 61.3 Å². The molecule has 0 aliphatic rings. The summed E-state index contributed by atoms with van der Waals surface area (Å²) < 4.78 is 0. The Morgan fingerprint density at radius 1 is 1.00 bits per heavy atom. The summed E-state index contributed by atoms with van der Waals surface area (Å²) in [6.45, 7) is 0. The second-order valence-electron chi connectivity index (χ2n) is 5.73. The first-order chi connectivity index (χ1) is 12.6. The van der Waals surface area contributed by atoms with E-state index >= 15 is 0 Å². The molecule has 0 unspecified atom stereocenters. The summed E-state index contributed by atoms with van der Waals surface area (Å²) in [5, 5.41) is 10.9. The predicted octanol–water partition coefficient (Wildman–Crippen LogP) is 5.99. The van der Waals surface area contributed by atoms with E-state index in [0.29, 0.717) is 21.4 Å². The summed E-state index contributed by atoms with van der Waals surface area (Å²) in [6.07, 6.45) is 1.63. The number of para-hydroxylation sites is 1. The number of nitrogens with zero attached hydrogens (tertiary/aromatic N) is 2. The van der Waals surface area contributed by atoms with Gasteiger partial charge in [-0.1, -0.05) is 35.3 Å². The molecule has 4 aromatic rings. The van der Waals surface area contributed by atoms with Gasteiger partial charge in [-0.15, -0.1) is 0 Å². The normalized spacial score (nSPS) is 11.5. The summed E-state index contributed by atoms with van der Waals surface area (Å²) in [5.41, 5.74) is 3.85. The third-order valence-electron chi connectivity index (χ3n) is 3.94. The van der Waals surface area contributed by atoms with Gasteiger partial charge in [0.05, 0.1) is 21.7 Å². The van der Waals surface area contributed by atoms with Gasteiger partial charge in [0.15, 0.2) is 0 Å². The number of H-pyrrole nitrogens is 1. The van der Waals surface area contributed by atoms with Crippen molar-refractivity contribution in [1.82, 2.24) is 9.97 Å². The molecule has 0 saturated carbocycles. The van der Waals surface area contributed by atoms with E-state index in [2.05, 4.69) is 15.0 Å². The molecule has 0 amide bonds. The fraction of sp³-hybridized carbons (Fsp3) is 0. The summed E-state index contributed by atoms with van der Waals surface area (Å²) in [5.74, 6) is 0.863. The zero-order chi connectivity index (χ0) is 18.1. The van der Waals surface area contributed by atoms with Crippen molar-refractivity contribution in [2.45, 2.75) is 0 Å². The molecule has 3 aromatic carbocycles. The molecule has 2 N–H and O–H groups in total. The van der Waals surface area contributed by atoms with Crippen molar-refractivity contribution in [3.05, 3.63) is 76.3 Å². The molecule has 0 bridgehead atoms. The van der Waals surface area contributed by atoms with Crippen LogP contribution in [-0.4, -0.2) is 21.3 Å². The number of hydrogen-bond acceptors (Lipinski definition) is 3. The number of benzene rings is 3. The summed E-state index contributed by atoms with van der Waals surface area (Å²) in [6, 6.07) is 18.0. The van der Waals surface area contributed by atoms with Gasteiger partial charge >= 0.3 is 0 Å². The van der Waals surface area contributed by atoms with Crippen molar-refractivity contribution in [2.75, 3.05) is 0 Å². The van der Waals surface area contributed by atoms with Gasteiger partial charge in [-0.2, -0.15) is 0 Å². The molecule has 0 spiro atoms. The van der Waals surface area contributed by atoms with E-state index in [1.165, 1.54) is 0 Å². The minimum atomic E-state index is 0.193. The minimum absolute atomic E-state index is 0.193. The van der Waals surface area contributed by atoms with Crippen molar-refractivity contribution in [3.63, 3.8) is 0 Å².